The summed E-state index contributed by atoms with van der Waals surface area (Å²) in [6.45, 7) is 6.63. The third-order valence-electron chi connectivity index (χ3n) is 2.97. The van der Waals surface area contributed by atoms with E-state index < -0.39 is 6.04 Å². The van der Waals surface area contributed by atoms with Crippen LogP contribution in [0.1, 0.15) is 33.6 Å². The Morgan fingerprint density at radius 1 is 1.63 bits per heavy atom. The summed E-state index contributed by atoms with van der Waals surface area (Å²) in [6.07, 6.45) is 5.02. The van der Waals surface area contributed by atoms with Crippen LogP contribution in [0.3, 0.4) is 0 Å². The Morgan fingerprint density at radius 3 is 2.89 bits per heavy atom. The standard InChI is InChI=1S/C13H24N4O2/c1-5-6-10(14)12(18)16-11-7-17(9-15-11)13(2,3)8-19-4/h7,9-10H,5-6,8,14H2,1-4H3,(H,16,18). The maximum Gasteiger partial charge on any atom is 0.242 e. The molecule has 0 fully saturated rings. The fraction of sp³-hybridized carbons (Fsp3) is 0.692. The lowest BCUT2D eigenvalue weighted by molar-refractivity contribution is -0.117. The van der Waals surface area contributed by atoms with E-state index in [1.807, 2.05) is 25.3 Å². The highest BCUT2D eigenvalue weighted by molar-refractivity contribution is 5.93. The van der Waals surface area contributed by atoms with Gasteiger partial charge in [0.15, 0.2) is 5.82 Å². The first-order valence-corrected chi connectivity index (χ1v) is 6.50. The van der Waals surface area contributed by atoms with Gasteiger partial charge in [-0.25, -0.2) is 4.98 Å². The lowest BCUT2D eigenvalue weighted by Crippen LogP contribution is -2.35. The highest BCUT2D eigenvalue weighted by Crippen LogP contribution is 2.17. The first-order chi connectivity index (χ1) is 8.90. The molecule has 1 rings (SSSR count). The quantitative estimate of drug-likeness (QED) is 0.781. The van der Waals surface area contributed by atoms with Crippen molar-refractivity contribution in [2.75, 3.05) is 19.0 Å². The second kappa shape index (κ2) is 6.68. The van der Waals surface area contributed by atoms with Crippen LogP contribution < -0.4 is 11.1 Å². The lowest BCUT2D eigenvalue weighted by atomic mass is 10.1. The molecule has 0 aliphatic carbocycles. The molecule has 6 nitrogen and oxygen atoms in total. The van der Waals surface area contributed by atoms with Crippen molar-refractivity contribution >= 4 is 11.7 Å². The molecule has 0 aromatic carbocycles. The Balaban J connectivity index is 2.67. The van der Waals surface area contributed by atoms with E-state index in [1.165, 1.54) is 0 Å². The molecule has 1 aromatic rings. The van der Waals surface area contributed by atoms with E-state index in [1.54, 1.807) is 19.6 Å². The molecule has 3 N–H and O–H groups in total. The van der Waals surface area contributed by atoms with Gasteiger partial charge in [-0.3, -0.25) is 4.79 Å². The van der Waals surface area contributed by atoms with Gasteiger partial charge in [-0.1, -0.05) is 13.3 Å². The molecule has 1 amide bonds. The molecule has 0 saturated carbocycles. The Kier molecular flexibility index (Phi) is 5.50. The monoisotopic (exact) mass is 268 g/mol. The summed E-state index contributed by atoms with van der Waals surface area (Å²) in [4.78, 5) is 15.9. The van der Waals surface area contributed by atoms with E-state index in [4.69, 9.17) is 10.5 Å². The number of ether oxygens (including phenoxy) is 1. The number of carbonyl (C=O) groups is 1. The van der Waals surface area contributed by atoms with Gasteiger partial charge in [0, 0.05) is 13.3 Å². The van der Waals surface area contributed by atoms with Crippen LogP contribution in [0.2, 0.25) is 0 Å². The van der Waals surface area contributed by atoms with Crippen LogP contribution in [0.25, 0.3) is 0 Å². The number of imidazole rings is 1. The predicted octanol–water partition coefficient (Wildman–Crippen LogP) is 1.33. The van der Waals surface area contributed by atoms with Crippen molar-refractivity contribution < 1.29 is 9.53 Å². The zero-order valence-electron chi connectivity index (χ0n) is 12.1. The highest BCUT2D eigenvalue weighted by atomic mass is 16.5. The minimum atomic E-state index is -0.484. The molecule has 1 aromatic heterocycles. The third kappa shape index (κ3) is 4.33. The number of nitrogens with zero attached hydrogens (tertiary/aromatic N) is 2. The summed E-state index contributed by atoms with van der Waals surface area (Å²) in [5, 5.41) is 2.72. The molecule has 0 saturated heterocycles. The van der Waals surface area contributed by atoms with E-state index >= 15 is 0 Å². The minimum Gasteiger partial charge on any atom is -0.382 e. The van der Waals surface area contributed by atoms with Crippen molar-refractivity contribution in [3.63, 3.8) is 0 Å². The Hall–Kier alpha value is -1.40. The Bertz CT molecular complexity index is 415. The van der Waals surface area contributed by atoms with Gasteiger partial charge in [0.2, 0.25) is 5.91 Å². The molecule has 1 atom stereocenters. The number of nitrogens with one attached hydrogen (secondary N) is 1. The van der Waals surface area contributed by atoms with Crippen LogP contribution in [0.15, 0.2) is 12.5 Å². The van der Waals surface area contributed by atoms with Crippen molar-refractivity contribution in [1.29, 1.82) is 0 Å². The zero-order valence-corrected chi connectivity index (χ0v) is 12.1. The van der Waals surface area contributed by atoms with E-state index in [9.17, 15) is 4.79 Å². The number of anilines is 1. The van der Waals surface area contributed by atoms with Gasteiger partial charge in [-0.2, -0.15) is 0 Å². The van der Waals surface area contributed by atoms with Crippen molar-refractivity contribution in [3.05, 3.63) is 12.5 Å². The van der Waals surface area contributed by atoms with E-state index in [-0.39, 0.29) is 11.4 Å². The summed E-state index contributed by atoms with van der Waals surface area (Å²) in [6, 6.07) is -0.484. The van der Waals surface area contributed by atoms with Crippen LogP contribution >= 0.6 is 0 Å². The van der Waals surface area contributed by atoms with Crippen molar-refractivity contribution in [2.24, 2.45) is 5.73 Å². The molecule has 108 valence electrons. The summed E-state index contributed by atoms with van der Waals surface area (Å²) < 4.78 is 7.08. The molecular formula is C13H24N4O2. The van der Waals surface area contributed by atoms with Crippen molar-refractivity contribution in [2.45, 2.75) is 45.2 Å². The van der Waals surface area contributed by atoms with Crippen LogP contribution in [0.4, 0.5) is 5.82 Å². The van der Waals surface area contributed by atoms with Gasteiger partial charge >= 0.3 is 0 Å². The number of methoxy groups -OCH3 is 1. The molecule has 1 heterocycles. The highest BCUT2D eigenvalue weighted by Gasteiger charge is 2.21. The largest absolute Gasteiger partial charge is 0.382 e. The van der Waals surface area contributed by atoms with Gasteiger partial charge in [0.25, 0.3) is 0 Å². The third-order valence-corrected chi connectivity index (χ3v) is 2.97. The maximum atomic E-state index is 11.8. The number of aromatic nitrogens is 2. The molecule has 19 heavy (non-hydrogen) atoms. The summed E-state index contributed by atoms with van der Waals surface area (Å²) in [5.74, 6) is 0.317. The average molecular weight is 268 g/mol. The van der Waals surface area contributed by atoms with Crippen molar-refractivity contribution in [3.8, 4) is 0 Å². The fourth-order valence-electron chi connectivity index (χ4n) is 1.81. The van der Waals surface area contributed by atoms with E-state index in [2.05, 4.69) is 10.3 Å². The number of rotatable bonds is 7. The average Bonchev–Trinajstić information content (AvgIpc) is 2.78. The lowest BCUT2D eigenvalue weighted by Gasteiger charge is -2.25. The van der Waals surface area contributed by atoms with Crippen LogP contribution in [0.5, 0.6) is 0 Å². The van der Waals surface area contributed by atoms with Crippen LogP contribution in [-0.4, -0.2) is 35.2 Å². The molecule has 0 spiro atoms. The SMILES string of the molecule is CCCC(N)C(=O)Nc1cn(C(C)(C)COC)cn1. The topological polar surface area (TPSA) is 82.2 Å². The minimum absolute atomic E-state index is 0.198. The van der Waals surface area contributed by atoms with E-state index in [0.29, 0.717) is 18.8 Å². The molecule has 0 bridgehead atoms. The van der Waals surface area contributed by atoms with Gasteiger partial charge < -0.3 is 20.4 Å². The zero-order chi connectivity index (χ0) is 14.5. The Morgan fingerprint density at radius 2 is 2.32 bits per heavy atom. The molecule has 0 aliphatic rings. The number of nitrogens with two attached hydrogens (primary N) is 1. The van der Waals surface area contributed by atoms with Crippen LogP contribution in [-0.2, 0) is 15.1 Å². The smallest absolute Gasteiger partial charge is 0.242 e. The van der Waals surface area contributed by atoms with E-state index in [0.717, 1.165) is 6.42 Å². The summed E-state index contributed by atoms with van der Waals surface area (Å²) in [5.41, 5.74) is 5.54. The van der Waals surface area contributed by atoms with Gasteiger partial charge in [-0.05, 0) is 20.3 Å². The first kappa shape index (κ1) is 15.7. The predicted molar refractivity (Wildman–Crippen MR) is 74.9 cm³/mol. The number of amides is 1. The van der Waals surface area contributed by atoms with Gasteiger partial charge in [0.05, 0.1) is 24.5 Å². The maximum absolute atomic E-state index is 11.8. The molecular weight excluding hydrogens is 244 g/mol. The van der Waals surface area contributed by atoms with Crippen molar-refractivity contribution in [1.82, 2.24) is 9.55 Å². The number of carbonyl (C=O) groups excluding carboxylic acids is 1. The molecule has 6 heteroatoms. The number of hydrogen-bond acceptors (Lipinski definition) is 4. The van der Waals surface area contributed by atoms with Gasteiger partial charge in [-0.15, -0.1) is 0 Å². The Labute approximate surface area is 114 Å². The fourth-order valence-corrected chi connectivity index (χ4v) is 1.81. The number of hydrogen-bond donors (Lipinski definition) is 2. The summed E-state index contributed by atoms with van der Waals surface area (Å²) >= 11 is 0. The summed E-state index contributed by atoms with van der Waals surface area (Å²) in [7, 11) is 1.66. The molecule has 1 unspecified atom stereocenters. The van der Waals surface area contributed by atoms with Crippen LogP contribution in [0, 0.1) is 0 Å². The van der Waals surface area contributed by atoms with Gasteiger partial charge in [0.1, 0.15) is 0 Å². The second-order valence-electron chi connectivity index (χ2n) is 5.30. The normalized spacial score (nSPS) is 13.3. The molecule has 0 aliphatic heterocycles. The first-order valence-electron chi connectivity index (χ1n) is 6.50. The molecule has 0 radical (unpaired) electrons. The second-order valence-corrected chi connectivity index (χ2v) is 5.30.